The van der Waals surface area contributed by atoms with Crippen molar-refractivity contribution in [3.05, 3.63) is 29.3 Å². The number of nitrogens with two attached hydrogens (primary N) is 2. The number of aromatic hydroxyl groups is 1. The minimum absolute atomic E-state index is 0.0444. The highest BCUT2D eigenvalue weighted by Gasteiger charge is 2.11. The van der Waals surface area contributed by atoms with Gasteiger partial charge in [-0.25, -0.2) is 0 Å². The van der Waals surface area contributed by atoms with Crippen molar-refractivity contribution < 1.29 is 10.2 Å². The zero-order valence-electron chi connectivity index (χ0n) is 7.27. The van der Waals surface area contributed by atoms with Crippen LogP contribution in [-0.2, 0) is 6.61 Å². The molecule has 0 aliphatic rings. The Labute approximate surface area is 76.8 Å². The van der Waals surface area contributed by atoms with Crippen LogP contribution in [0.4, 0.5) is 0 Å². The minimum atomic E-state index is -0.383. The van der Waals surface area contributed by atoms with Gasteiger partial charge in [0.05, 0.1) is 6.61 Å². The Bertz CT molecular complexity index is 289. The first-order valence-electron chi connectivity index (χ1n) is 4.08. The fraction of sp³-hybridized carbons (Fsp3) is 0.333. The molecule has 0 aliphatic carbocycles. The zero-order chi connectivity index (χ0) is 9.84. The summed E-state index contributed by atoms with van der Waals surface area (Å²) < 4.78 is 0. The van der Waals surface area contributed by atoms with Crippen LogP contribution in [0.3, 0.4) is 0 Å². The number of phenols is 1. The highest BCUT2D eigenvalue weighted by Crippen LogP contribution is 2.26. The van der Waals surface area contributed by atoms with Crippen LogP contribution in [0.25, 0.3) is 0 Å². The van der Waals surface area contributed by atoms with Gasteiger partial charge in [0.25, 0.3) is 0 Å². The Morgan fingerprint density at radius 3 is 2.62 bits per heavy atom. The Morgan fingerprint density at radius 1 is 1.38 bits per heavy atom. The summed E-state index contributed by atoms with van der Waals surface area (Å²) in [7, 11) is 0. The SMILES string of the molecule is NC[C@H](N)c1cccc(CO)c1O. The maximum Gasteiger partial charge on any atom is 0.125 e. The molecule has 1 atom stereocenters. The standard InChI is InChI=1S/C9H14N2O2/c10-4-8(11)7-3-1-2-6(5-12)9(7)13/h1-3,8,12-13H,4-5,10-11H2/t8-/m0/s1. The van der Waals surface area contributed by atoms with E-state index in [0.29, 0.717) is 11.1 Å². The Hall–Kier alpha value is -1.10. The van der Waals surface area contributed by atoms with Crippen molar-refractivity contribution in [1.82, 2.24) is 0 Å². The summed E-state index contributed by atoms with van der Waals surface area (Å²) >= 11 is 0. The number of benzene rings is 1. The molecule has 0 aliphatic heterocycles. The van der Waals surface area contributed by atoms with E-state index >= 15 is 0 Å². The van der Waals surface area contributed by atoms with Crippen molar-refractivity contribution in [2.75, 3.05) is 6.54 Å². The molecule has 0 fully saturated rings. The fourth-order valence-electron chi connectivity index (χ4n) is 1.16. The van der Waals surface area contributed by atoms with Crippen molar-refractivity contribution >= 4 is 0 Å². The molecule has 1 aromatic carbocycles. The van der Waals surface area contributed by atoms with Crippen molar-refractivity contribution in [2.24, 2.45) is 11.5 Å². The quantitative estimate of drug-likeness (QED) is 0.522. The van der Waals surface area contributed by atoms with E-state index in [4.69, 9.17) is 16.6 Å². The lowest BCUT2D eigenvalue weighted by Crippen LogP contribution is -2.21. The Kier molecular flexibility index (Phi) is 3.25. The van der Waals surface area contributed by atoms with Crippen LogP contribution in [0, 0.1) is 0 Å². The van der Waals surface area contributed by atoms with E-state index in [-0.39, 0.29) is 24.9 Å². The molecule has 0 unspecified atom stereocenters. The molecular formula is C9H14N2O2. The number of aliphatic hydroxyl groups is 1. The second-order valence-corrected chi connectivity index (χ2v) is 2.86. The van der Waals surface area contributed by atoms with Gasteiger partial charge < -0.3 is 21.7 Å². The fourth-order valence-corrected chi connectivity index (χ4v) is 1.16. The van der Waals surface area contributed by atoms with E-state index in [1.807, 2.05) is 0 Å². The van der Waals surface area contributed by atoms with Crippen LogP contribution >= 0.6 is 0 Å². The number of para-hydroxylation sites is 1. The van der Waals surface area contributed by atoms with E-state index < -0.39 is 0 Å². The number of hydrogen-bond acceptors (Lipinski definition) is 4. The van der Waals surface area contributed by atoms with Gasteiger partial charge in [0, 0.05) is 23.7 Å². The highest BCUT2D eigenvalue weighted by molar-refractivity contribution is 5.41. The van der Waals surface area contributed by atoms with Crippen LogP contribution in [0.5, 0.6) is 5.75 Å². The van der Waals surface area contributed by atoms with Gasteiger partial charge in [0.15, 0.2) is 0 Å². The topological polar surface area (TPSA) is 92.5 Å². The maximum atomic E-state index is 9.59. The van der Waals surface area contributed by atoms with Crippen molar-refractivity contribution in [2.45, 2.75) is 12.6 Å². The predicted octanol–water partition coefficient (Wildman–Crippen LogP) is -0.157. The summed E-state index contributed by atoms with van der Waals surface area (Å²) in [5.41, 5.74) is 12.1. The number of aliphatic hydroxyl groups excluding tert-OH is 1. The molecule has 0 saturated heterocycles. The Morgan fingerprint density at radius 2 is 2.08 bits per heavy atom. The highest BCUT2D eigenvalue weighted by atomic mass is 16.3. The van der Waals surface area contributed by atoms with Crippen LogP contribution in [-0.4, -0.2) is 16.8 Å². The molecule has 0 saturated carbocycles. The van der Waals surface area contributed by atoms with Gasteiger partial charge >= 0.3 is 0 Å². The van der Waals surface area contributed by atoms with Crippen LogP contribution in [0.2, 0.25) is 0 Å². The van der Waals surface area contributed by atoms with Crippen LogP contribution < -0.4 is 11.5 Å². The lowest BCUT2D eigenvalue weighted by atomic mass is 10.0. The zero-order valence-corrected chi connectivity index (χ0v) is 7.27. The molecule has 6 N–H and O–H groups in total. The van der Waals surface area contributed by atoms with Crippen LogP contribution in [0.15, 0.2) is 18.2 Å². The smallest absolute Gasteiger partial charge is 0.125 e. The maximum absolute atomic E-state index is 9.59. The van der Waals surface area contributed by atoms with Gasteiger partial charge in [-0.3, -0.25) is 0 Å². The van der Waals surface area contributed by atoms with Gasteiger partial charge in [-0.05, 0) is 0 Å². The molecule has 0 aromatic heterocycles. The van der Waals surface area contributed by atoms with Crippen molar-refractivity contribution in [3.63, 3.8) is 0 Å². The van der Waals surface area contributed by atoms with E-state index in [0.717, 1.165) is 0 Å². The van der Waals surface area contributed by atoms with E-state index in [1.54, 1.807) is 18.2 Å². The summed E-state index contributed by atoms with van der Waals surface area (Å²) in [5, 5.41) is 18.5. The molecule has 72 valence electrons. The first-order valence-corrected chi connectivity index (χ1v) is 4.08. The van der Waals surface area contributed by atoms with Gasteiger partial charge in [-0.2, -0.15) is 0 Å². The summed E-state index contributed by atoms with van der Waals surface area (Å²) in [6.07, 6.45) is 0. The lowest BCUT2D eigenvalue weighted by Gasteiger charge is -2.12. The molecule has 0 bridgehead atoms. The predicted molar refractivity (Wildman–Crippen MR) is 50.0 cm³/mol. The monoisotopic (exact) mass is 182 g/mol. The van der Waals surface area contributed by atoms with E-state index in [9.17, 15) is 5.11 Å². The molecule has 1 rings (SSSR count). The average molecular weight is 182 g/mol. The Balaban J connectivity index is 3.08. The third-order valence-corrected chi connectivity index (χ3v) is 1.97. The van der Waals surface area contributed by atoms with Crippen molar-refractivity contribution in [1.29, 1.82) is 0 Å². The third-order valence-electron chi connectivity index (χ3n) is 1.97. The molecule has 0 spiro atoms. The van der Waals surface area contributed by atoms with E-state index in [1.165, 1.54) is 0 Å². The molecule has 4 nitrogen and oxygen atoms in total. The molecule has 0 radical (unpaired) electrons. The van der Waals surface area contributed by atoms with Gasteiger partial charge in [-0.15, -0.1) is 0 Å². The van der Waals surface area contributed by atoms with E-state index in [2.05, 4.69) is 0 Å². The molecule has 13 heavy (non-hydrogen) atoms. The van der Waals surface area contributed by atoms with Gasteiger partial charge in [-0.1, -0.05) is 18.2 Å². The summed E-state index contributed by atoms with van der Waals surface area (Å²) in [5.74, 6) is 0.0444. The summed E-state index contributed by atoms with van der Waals surface area (Å²) in [6.45, 7) is 0.0689. The molecular weight excluding hydrogens is 168 g/mol. The first kappa shape index (κ1) is 9.98. The second-order valence-electron chi connectivity index (χ2n) is 2.86. The first-order chi connectivity index (χ1) is 6.20. The molecule has 1 aromatic rings. The van der Waals surface area contributed by atoms with Gasteiger partial charge in [0.1, 0.15) is 5.75 Å². The number of hydrogen-bond donors (Lipinski definition) is 4. The minimum Gasteiger partial charge on any atom is -0.507 e. The normalized spacial score (nSPS) is 12.8. The molecule has 0 heterocycles. The molecule has 0 amide bonds. The lowest BCUT2D eigenvalue weighted by molar-refractivity contribution is 0.275. The third kappa shape index (κ3) is 1.98. The summed E-state index contributed by atoms with van der Waals surface area (Å²) in [6, 6.07) is 4.69. The number of rotatable bonds is 3. The summed E-state index contributed by atoms with van der Waals surface area (Å²) in [4.78, 5) is 0. The van der Waals surface area contributed by atoms with Gasteiger partial charge in [0.2, 0.25) is 0 Å². The molecule has 4 heteroatoms. The van der Waals surface area contributed by atoms with Crippen LogP contribution in [0.1, 0.15) is 17.2 Å². The van der Waals surface area contributed by atoms with Crippen molar-refractivity contribution in [3.8, 4) is 5.75 Å². The average Bonchev–Trinajstić information content (AvgIpc) is 2.17. The largest absolute Gasteiger partial charge is 0.507 e. The second kappa shape index (κ2) is 4.23.